The maximum atomic E-state index is 10.9. The first-order valence-electron chi connectivity index (χ1n) is 3.89. The molecule has 0 atom stereocenters. The summed E-state index contributed by atoms with van der Waals surface area (Å²) in [4.78, 5) is 13.7. The van der Waals surface area contributed by atoms with Crippen LogP contribution in [0, 0.1) is 17.0 Å². The number of nitrogens with one attached hydrogen (secondary N) is 1. The summed E-state index contributed by atoms with van der Waals surface area (Å²) in [6.07, 6.45) is 2.22. The average Bonchev–Trinajstić information content (AvgIpc) is 1.99. The fraction of sp³-hybridized carbons (Fsp3) is 0.286. The summed E-state index contributed by atoms with van der Waals surface area (Å²) >= 11 is 0. The molecule has 0 radical (unpaired) electrons. The first-order valence-corrected chi connectivity index (χ1v) is 5.78. The largest absolute Gasteiger partial charge is 0.314 e. The third-order valence-corrected chi connectivity index (χ3v) is 2.18. The molecule has 7 nitrogen and oxygen atoms in total. The lowest BCUT2D eigenvalue weighted by atomic mass is 10.3. The van der Waals surface area contributed by atoms with E-state index in [9.17, 15) is 18.5 Å². The van der Waals surface area contributed by atoms with Gasteiger partial charge in [0.1, 0.15) is 11.4 Å². The van der Waals surface area contributed by atoms with Crippen LogP contribution in [0.4, 0.5) is 11.4 Å². The van der Waals surface area contributed by atoms with Gasteiger partial charge < -0.3 is 0 Å². The predicted octanol–water partition coefficient (Wildman–Crippen LogP) is 0.670. The molecule has 15 heavy (non-hydrogen) atoms. The van der Waals surface area contributed by atoms with Crippen molar-refractivity contribution in [1.82, 2.24) is 4.98 Å². The van der Waals surface area contributed by atoms with Crippen molar-refractivity contribution < 1.29 is 13.3 Å². The number of rotatable bonds is 3. The summed E-state index contributed by atoms with van der Waals surface area (Å²) in [6.45, 7) is 1.44. The number of aromatic nitrogens is 1. The number of hydrogen-bond acceptors (Lipinski definition) is 5. The van der Waals surface area contributed by atoms with Crippen LogP contribution < -0.4 is 4.72 Å². The summed E-state index contributed by atoms with van der Waals surface area (Å²) in [6, 6.07) is 1.24. The SMILES string of the molecule is Cc1nccc(NS(C)(=O)=O)c1[N+](=O)[O-]. The number of hydrogen-bond donors (Lipinski definition) is 1. The maximum absolute atomic E-state index is 10.9. The summed E-state index contributed by atoms with van der Waals surface area (Å²) in [5, 5.41) is 10.7. The zero-order valence-corrected chi connectivity index (χ0v) is 8.91. The van der Waals surface area contributed by atoms with Gasteiger partial charge in [0.05, 0.1) is 11.2 Å². The molecule has 0 fully saturated rings. The number of nitrogens with zero attached hydrogens (tertiary/aromatic N) is 2. The Bertz CT molecular complexity index is 497. The van der Waals surface area contributed by atoms with Gasteiger partial charge >= 0.3 is 5.69 Å². The minimum absolute atomic E-state index is 0.0741. The zero-order chi connectivity index (χ0) is 11.6. The summed E-state index contributed by atoms with van der Waals surface area (Å²) in [5.74, 6) is 0. The van der Waals surface area contributed by atoms with E-state index in [0.29, 0.717) is 0 Å². The highest BCUT2D eigenvalue weighted by molar-refractivity contribution is 7.92. The van der Waals surface area contributed by atoms with Gasteiger partial charge in [-0.25, -0.2) is 8.42 Å². The highest BCUT2D eigenvalue weighted by Crippen LogP contribution is 2.26. The van der Waals surface area contributed by atoms with Crippen molar-refractivity contribution in [2.24, 2.45) is 0 Å². The van der Waals surface area contributed by atoms with E-state index in [1.807, 2.05) is 0 Å². The van der Waals surface area contributed by atoms with E-state index in [1.54, 1.807) is 0 Å². The van der Waals surface area contributed by atoms with Gasteiger partial charge in [0, 0.05) is 6.20 Å². The molecule has 0 aliphatic rings. The molecule has 8 heteroatoms. The van der Waals surface area contributed by atoms with Gasteiger partial charge in [-0.3, -0.25) is 19.8 Å². The van der Waals surface area contributed by atoms with E-state index in [2.05, 4.69) is 9.71 Å². The lowest BCUT2D eigenvalue weighted by Gasteiger charge is -2.05. The molecule has 1 rings (SSSR count). The first-order chi connectivity index (χ1) is 6.81. The zero-order valence-electron chi connectivity index (χ0n) is 8.09. The lowest BCUT2D eigenvalue weighted by molar-refractivity contribution is -0.384. The van der Waals surface area contributed by atoms with E-state index < -0.39 is 14.9 Å². The highest BCUT2D eigenvalue weighted by atomic mass is 32.2. The van der Waals surface area contributed by atoms with Gasteiger partial charge in [0.25, 0.3) is 0 Å². The molecule has 0 aliphatic carbocycles. The van der Waals surface area contributed by atoms with Crippen LogP contribution in [0.2, 0.25) is 0 Å². The molecule has 82 valence electrons. The van der Waals surface area contributed by atoms with Crippen LogP contribution in [0.1, 0.15) is 5.69 Å². The first kappa shape index (κ1) is 11.4. The molecule has 1 aromatic heterocycles. The highest BCUT2D eigenvalue weighted by Gasteiger charge is 2.19. The Hall–Kier alpha value is -1.70. The predicted molar refractivity (Wildman–Crippen MR) is 54.1 cm³/mol. The second-order valence-corrected chi connectivity index (χ2v) is 4.67. The van der Waals surface area contributed by atoms with E-state index >= 15 is 0 Å². The molecule has 0 amide bonds. The molecule has 1 aromatic rings. The smallest absolute Gasteiger partial charge is 0.277 e. The average molecular weight is 231 g/mol. The fourth-order valence-corrected chi connectivity index (χ4v) is 1.64. The Morgan fingerprint density at radius 1 is 1.53 bits per heavy atom. The van der Waals surface area contributed by atoms with Crippen molar-refractivity contribution in [3.63, 3.8) is 0 Å². The van der Waals surface area contributed by atoms with Crippen molar-refractivity contribution in [1.29, 1.82) is 0 Å². The van der Waals surface area contributed by atoms with E-state index in [-0.39, 0.29) is 17.1 Å². The Kier molecular flexibility index (Phi) is 2.89. The Morgan fingerprint density at radius 3 is 2.60 bits per heavy atom. The molecule has 1 heterocycles. The molecule has 0 bridgehead atoms. The number of aryl methyl sites for hydroxylation is 1. The van der Waals surface area contributed by atoms with Crippen LogP contribution in [-0.4, -0.2) is 24.6 Å². The van der Waals surface area contributed by atoms with Gasteiger partial charge in [-0.15, -0.1) is 0 Å². The third-order valence-electron chi connectivity index (χ3n) is 1.59. The van der Waals surface area contributed by atoms with Gasteiger partial charge in [-0.2, -0.15) is 0 Å². The quantitative estimate of drug-likeness (QED) is 0.608. The molecular weight excluding hydrogens is 222 g/mol. The van der Waals surface area contributed by atoms with Crippen LogP contribution in [0.5, 0.6) is 0 Å². The Balaban J connectivity index is 3.30. The van der Waals surface area contributed by atoms with E-state index in [0.717, 1.165) is 6.26 Å². The van der Waals surface area contributed by atoms with Crippen LogP contribution >= 0.6 is 0 Å². The number of pyridine rings is 1. The van der Waals surface area contributed by atoms with Crippen molar-refractivity contribution in [2.75, 3.05) is 11.0 Å². The number of sulfonamides is 1. The Morgan fingerprint density at radius 2 is 2.13 bits per heavy atom. The molecule has 0 saturated carbocycles. The summed E-state index contributed by atoms with van der Waals surface area (Å²) < 4.78 is 23.9. The molecule has 0 saturated heterocycles. The monoisotopic (exact) mass is 231 g/mol. The molecule has 0 aliphatic heterocycles. The number of anilines is 1. The van der Waals surface area contributed by atoms with Crippen molar-refractivity contribution in [3.05, 3.63) is 28.1 Å². The van der Waals surface area contributed by atoms with Gasteiger partial charge in [-0.05, 0) is 13.0 Å². The summed E-state index contributed by atoms with van der Waals surface area (Å²) in [7, 11) is -3.53. The number of nitro groups is 1. The molecule has 0 aromatic carbocycles. The van der Waals surface area contributed by atoms with Crippen LogP contribution in [-0.2, 0) is 10.0 Å². The Labute approximate surface area is 86.3 Å². The minimum atomic E-state index is -3.53. The van der Waals surface area contributed by atoms with Crippen LogP contribution in [0.15, 0.2) is 12.3 Å². The van der Waals surface area contributed by atoms with Crippen molar-refractivity contribution in [3.8, 4) is 0 Å². The van der Waals surface area contributed by atoms with E-state index in [1.165, 1.54) is 19.2 Å². The van der Waals surface area contributed by atoms with Crippen LogP contribution in [0.3, 0.4) is 0 Å². The third kappa shape index (κ3) is 2.88. The summed E-state index contributed by atoms with van der Waals surface area (Å²) in [5.41, 5.74) is -0.244. The maximum Gasteiger partial charge on any atom is 0.314 e. The topological polar surface area (TPSA) is 102 Å². The van der Waals surface area contributed by atoms with Gasteiger partial charge in [0.2, 0.25) is 10.0 Å². The molecule has 0 spiro atoms. The van der Waals surface area contributed by atoms with Crippen molar-refractivity contribution >= 4 is 21.4 Å². The second kappa shape index (κ2) is 3.81. The van der Waals surface area contributed by atoms with Gasteiger partial charge in [-0.1, -0.05) is 0 Å². The standard InChI is InChI=1S/C7H9N3O4S/c1-5-7(10(11)12)6(3-4-8-5)9-15(2,13)14/h3-4H,1-2H3,(H,8,9). The van der Waals surface area contributed by atoms with E-state index in [4.69, 9.17) is 0 Å². The molecular formula is C7H9N3O4S. The minimum Gasteiger partial charge on any atom is -0.277 e. The van der Waals surface area contributed by atoms with Gasteiger partial charge in [0.15, 0.2) is 0 Å². The molecule has 0 unspecified atom stereocenters. The fourth-order valence-electron chi connectivity index (χ4n) is 1.07. The van der Waals surface area contributed by atoms with Crippen LogP contribution in [0.25, 0.3) is 0 Å². The normalized spacial score (nSPS) is 11.1. The van der Waals surface area contributed by atoms with Crippen molar-refractivity contribution in [2.45, 2.75) is 6.92 Å². The second-order valence-electron chi connectivity index (χ2n) is 2.92. The lowest BCUT2D eigenvalue weighted by Crippen LogP contribution is -2.12. The molecule has 1 N–H and O–H groups in total.